The lowest BCUT2D eigenvalue weighted by atomic mass is 9.99. The molecule has 0 amide bonds. The van der Waals surface area contributed by atoms with Gasteiger partial charge in [-0.05, 0) is 25.5 Å². The number of ether oxygens (including phenoxy) is 2. The Morgan fingerprint density at radius 1 is 1.19 bits per heavy atom. The summed E-state index contributed by atoms with van der Waals surface area (Å²) >= 11 is 0. The van der Waals surface area contributed by atoms with Crippen LogP contribution < -0.4 is 9.47 Å². The molecule has 1 aromatic rings. The summed E-state index contributed by atoms with van der Waals surface area (Å²) in [5.74, 6) is 1.26. The molecule has 1 aromatic carbocycles. The molecule has 1 atom stereocenters. The molecule has 21 heavy (non-hydrogen) atoms. The van der Waals surface area contributed by atoms with Crippen LogP contribution in [0, 0.1) is 0 Å². The summed E-state index contributed by atoms with van der Waals surface area (Å²) in [6.45, 7) is 1.41. The van der Waals surface area contributed by atoms with Crippen molar-refractivity contribution in [1.82, 2.24) is 4.90 Å². The van der Waals surface area contributed by atoms with Gasteiger partial charge in [0.15, 0.2) is 17.3 Å². The number of benzene rings is 1. The van der Waals surface area contributed by atoms with Crippen molar-refractivity contribution in [3.8, 4) is 11.5 Å². The van der Waals surface area contributed by atoms with E-state index < -0.39 is 0 Å². The van der Waals surface area contributed by atoms with Gasteiger partial charge in [0.2, 0.25) is 0 Å². The van der Waals surface area contributed by atoms with E-state index in [2.05, 4.69) is 9.89 Å². The number of methoxy groups -OCH3 is 2. The van der Waals surface area contributed by atoms with Crippen LogP contribution in [-0.2, 0) is 0 Å². The zero-order valence-corrected chi connectivity index (χ0v) is 12.5. The maximum Gasteiger partial charge on any atom is 0.179 e. The van der Waals surface area contributed by atoms with Gasteiger partial charge in [-0.25, -0.2) is 0 Å². The SMILES string of the molecule is COc1cc2c(cc1OC)C(=O)CN1CCCC[C@H]1C=N2. The third-order valence-electron chi connectivity index (χ3n) is 4.20. The monoisotopic (exact) mass is 288 g/mol. The fourth-order valence-corrected chi connectivity index (χ4v) is 3.02. The molecule has 0 unspecified atom stereocenters. The summed E-state index contributed by atoms with van der Waals surface area (Å²) in [5.41, 5.74) is 1.27. The van der Waals surface area contributed by atoms with Gasteiger partial charge >= 0.3 is 0 Å². The summed E-state index contributed by atoms with van der Waals surface area (Å²) in [6, 6.07) is 3.78. The molecule has 0 spiro atoms. The number of hydrogen-bond donors (Lipinski definition) is 0. The van der Waals surface area contributed by atoms with E-state index >= 15 is 0 Å². The number of piperidine rings is 1. The van der Waals surface area contributed by atoms with Gasteiger partial charge in [-0.1, -0.05) is 6.42 Å². The Hall–Kier alpha value is -1.88. The molecule has 2 aliphatic heterocycles. The lowest BCUT2D eigenvalue weighted by Gasteiger charge is -2.33. The van der Waals surface area contributed by atoms with Crippen LogP contribution in [0.25, 0.3) is 0 Å². The van der Waals surface area contributed by atoms with E-state index in [9.17, 15) is 4.79 Å². The van der Waals surface area contributed by atoms with Crippen molar-refractivity contribution < 1.29 is 14.3 Å². The van der Waals surface area contributed by atoms with Crippen molar-refractivity contribution in [2.24, 2.45) is 4.99 Å². The van der Waals surface area contributed by atoms with E-state index in [0.29, 0.717) is 29.3 Å². The molecule has 0 aliphatic carbocycles. The summed E-state index contributed by atoms with van der Waals surface area (Å²) < 4.78 is 10.6. The lowest BCUT2D eigenvalue weighted by molar-refractivity contribution is 0.0892. The molecule has 1 fully saturated rings. The molecule has 0 aromatic heterocycles. The van der Waals surface area contributed by atoms with Gasteiger partial charge in [0.25, 0.3) is 0 Å². The topological polar surface area (TPSA) is 51.1 Å². The standard InChI is InChI=1S/C16H20N2O3/c1-20-15-7-12-13(8-16(15)21-2)17-9-11-5-3-4-6-18(11)10-14(12)19/h7-9,11H,3-6,10H2,1-2H3/t11-/m0/s1. The van der Waals surface area contributed by atoms with Gasteiger partial charge in [-0.15, -0.1) is 0 Å². The molecule has 3 rings (SSSR count). The molecular weight excluding hydrogens is 268 g/mol. The fraction of sp³-hybridized carbons (Fsp3) is 0.500. The van der Waals surface area contributed by atoms with Gasteiger partial charge in [0, 0.05) is 23.9 Å². The zero-order valence-electron chi connectivity index (χ0n) is 12.5. The van der Waals surface area contributed by atoms with Crippen LogP contribution in [-0.4, -0.2) is 50.2 Å². The fourth-order valence-electron chi connectivity index (χ4n) is 3.02. The molecular formula is C16H20N2O3. The Bertz CT molecular complexity index is 583. The average Bonchev–Trinajstić information content (AvgIpc) is 2.51. The minimum absolute atomic E-state index is 0.0923. The Labute approximate surface area is 124 Å². The van der Waals surface area contributed by atoms with Gasteiger partial charge in [-0.3, -0.25) is 14.7 Å². The van der Waals surface area contributed by atoms with E-state index in [1.165, 1.54) is 6.42 Å². The number of carbonyl (C=O) groups excluding carboxylic acids is 1. The van der Waals surface area contributed by atoms with Crippen molar-refractivity contribution in [2.75, 3.05) is 27.3 Å². The predicted octanol–water partition coefficient (Wildman–Crippen LogP) is 2.46. The number of rotatable bonds is 2. The second-order valence-corrected chi connectivity index (χ2v) is 5.46. The van der Waals surface area contributed by atoms with Crippen molar-refractivity contribution in [1.29, 1.82) is 0 Å². The highest BCUT2D eigenvalue weighted by Crippen LogP contribution is 2.36. The van der Waals surface area contributed by atoms with Gasteiger partial charge in [0.05, 0.1) is 26.5 Å². The second-order valence-electron chi connectivity index (χ2n) is 5.46. The molecule has 0 N–H and O–H groups in total. The molecule has 0 bridgehead atoms. The zero-order chi connectivity index (χ0) is 14.8. The number of hydrogen-bond acceptors (Lipinski definition) is 5. The molecule has 0 saturated carbocycles. The average molecular weight is 288 g/mol. The van der Waals surface area contributed by atoms with Crippen LogP contribution in [0.15, 0.2) is 17.1 Å². The maximum atomic E-state index is 12.6. The first-order valence-electron chi connectivity index (χ1n) is 7.30. The van der Waals surface area contributed by atoms with E-state index in [1.807, 2.05) is 6.21 Å². The van der Waals surface area contributed by atoms with Crippen LogP contribution >= 0.6 is 0 Å². The van der Waals surface area contributed by atoms with Crippen LogP contribution in [0.4, 0.5) is 5.69 Å². The third kappa shape index (κ3) is 2.65. The highest BCUT2D eigenvalue weighted by molar-refractivity contribution is 6.04. The first-order chi connectivity index (χ1) is 10.2. The number of ketones is 1. The molecule has 112 valence electrons. The van der Waals surface area contributed by atoms with Crippen molar-refractivity contribution >= 4 is 17.7 Å². The van der Waals surface area contributed by atoms with Crippen LogP contribution in [0.3, 0.4) is 0 Å². The summed E-state index contributed by atoms with van der Waals surface area (Å²) in [4.78, 5) is 19.3. The minimum atomic E-state index is 0.0923. The second kappa shape index (κ2) is 5.85. The molecule has 0 radical (unpaired) electrons. The Kier molecular flexibility index (Phi) is 3.92. The predicted molar refractivity (Wildman–Crippen MR) is 81.2 cm³/mol. The van der Waals surface area contributed by atoms with E-state index in [1.54, 1.807) is 26.4 Å². The molecule has 2 heterocycles. The molecule has 1 saturated heterocycles. The number of Topliss-reactive ketones (excluding diaryl/α,β-unsaturated/α-hetero) is 1. The Balaban J connectivity index is 2.04. The van der Waals surface area contributed by atoms with Gasteiger partial charge < -0.3 is 9.47 Å². The summed E-state index contributed by atoms with van der Waals surface area (Å²) in [7, 11) is 3.16. The normalized spacial score (nSPS) is 22.0. The summed E-state index contributed by atoms with van der Waals surface area (Å²) in [6.07, 6.45) is 5.38. The van der Waals surface area contributed by atoms with E-state index in [0.717, 1.165) is 19.4 Å². The van der Waals surface area contributed by atoms with Gasteiger partial charge in [-0.2, -0.15) is 0 Å². The first kappa shape index (κ1) is 14.1. The number of nitrogens with zero attached hydrogens (tertiary/aromatic N) is 2. The molecule has 5 heteroatoms. The van der Waals surface area contributed by atoms with Crippen LogP contribution in [0.5, 0.6) is 11.5 Å². The molecule has 2 aliphatic rings. The van der Waals surface area contributed by atoms with Crippen molar-refractivity contribution in [3.05, 3.63) is 17.7 Å². The van der Waals surface area contributed by atoms with E-state index in [-0.39, 0.29) is 11.8 Å². The first-order valence-corrected chi connectivity index (χ1v) is 7.30. The smallest absolute Gasteiger partial charge is 0.179 e. The highest BCUT2D eigenvalue weighted by Gasteiger charge is 2.27. The largest absolute Gasteiger partial charge is 0.493 e. The lowest BCUT2D eigenvalue weighted by Crippen LogP contribution is -2.44. The Morgan fingerprint density at radius 2 is 1.95 bits per heavy atom. The maximum absolute atomic E-state index is 12.6. The third-order valence-corrected chi connectivity index (χ3v) is 4.20. The minimum Gasteiger partial charge on any atom is -0.493 e. The summed E-state index contributed by atoms with van der Waals surface area (Å²) in [5, 5.41) is 0. The number of aliphatic imine (C=N–C) groups is 1. The Morgan fingerprint density at radius 3 is 2.71 bits per heavy atom. The van der Waals surface area contributed by atoms with Crippen molar-refractivity contribution in [2.45, 2.75) is 25.3 Å². The molecule has 5 nitrogen and oxygen atoms in total. The van der Waals surface area contributed by atoms with Crippen LogP contribution in [0.2, 0.25) is 0 Å². The quantitative estimate of drug-likeness (QED) is 0.839. The highest BCUT2D eigenvalue weighted by atomic mass is 16.5. The van der Waals surface area contributed by atoms with Crippen molar-refractivity contribution in [3.63, 3.8) is 0 Å². The van der Waals surface area contributed by atoms with E-state index in [4.69, 9.17) is 9.47 Å². The number of carbonyl (C=O) groups is 1. The van der Waals surface area contributed by atoms with Gasteiger partial charge in [0.1, 0.15) is 0 Å². The number of fused-ring (bicyclic) bond motifs is 2. The van der Waals surface area contributed by atoms with Crippen LogP contribution in [0.1, 0.15) is 29.6 Å².